The maximum atomic E-state index is 13.8. The number of allylic oxidation sites excluding steroid dienone is 1. The third kappa shape index (κ3) is 2.94. The zero-order chi connectivity index (χ0) is 24.0. The average molecular weight is 501 g/mol. The van der Waals surface area contributed by atoms with Crippen molar-refractivity contribution in [3.8, 4) is 0 Å². The van der Waals surface area contributed by atoms with E-state index in [0.29, 0.717) is 22.4 Å². The summed E-state index contributed by atoms with van der Waals surface area (Å²) in [7, 11) is 0. The van der Waals surface area contributed by atoms with Crippen molar-refractivity contribution in [3.05, 3.63) is 87.3 Å². The molecule has 2 aromatic carbocycles. The van der Waals surface area contributed by atoms with Gasteiger partial charge in [0.2, 0.25) is 11.8 Å². The molecule has 7 heteroatoms. The van der Waals surface area contributed by atoms with Gasteiger partial charge in [0.15, 0.2) is 5.78 Å². The van der Waals surface area contributed by atoms with E-state index in [0.717, 1.165) is 11.4 Å². The normalized spacial score (nSPS) is 34.7. The van der Waals surface area contributed by atoms with Gasteiger partial charge >= 0.3 is 0 Å². The lowest BCUT2D eigenvalue weighted by Gasteiger charge is -2.43. The number of hydrogen-bond acceptors (Lipinski definition) is 6. The fraction of sp³-hybridized carbons (Fsp3) is 0.321. The highest BCUT2D eigenvalue weighted by atomic mass is 32.2. The van der Waals surface area contributed by atoms with Crippen molar-refractivity contribution >= 4 is 46.8 Å². The van der Waals surface area contributed by atoms with Crippen molar-refractivity contribution in [2.24, 2.45) is 29.6 Å². The lowest BCUT2D eigenvalue weighted by molar-refractivity contribution is -0.123. The van der Waals surface area contributed by atoms with E-state index in [1.807, 2.05) is 17.8 Å². The molecule has 2 amide bonds. The molecule has 3 aliphatic heterocycles. The molecule has 2 saturated carbocycles. The Morgan fingerprint density at radius 3 is 2.37 bits per heavy atom. The number of fused-ring (bicyclic) bond motifs is 8. The molecule has 3 heterocycles. The molecule has 2 aromatic rings. The molecule has 3 fully saturated rings. The second-order valence-corrected chi connectivity index (χ2v) is 12.4. The lowest BCUT2D eigenvalue weighted by atomic mass is 9.68. The van der Waals surface area contributed by atoms with Gasteiger partial charge in [0.1, 0.15) is 0 Å². The van der Waals surface area contributed by atoms with E-state index in [2.05, 4.69) is 36.2 Å². The van der Waals surface area contributed by atoms with Gasteiger partial charge in [-0.1, -0.05) is 48.7 Å². The highest BCUT2D eigenvalue weighted by Crippen LogP contribution is 2.70. The Labute approximate surface area is 212 Å². The van der Waals surface area contributed by atoms with E-state index >= 15 is 0 Å². The fourth-order valence-electron chi connectivity index (χ4n) is 7.22. The van der Waals surface area contributed by atoms with E-state index in [-0.39, 0.29) is 47.2 Å². The standard InChI is InChI=1S/C28H24N2O3S2/c1-13(31)15-8-10-17(11-9-15)30-27(32)22-18-12-19(23(22)28(30)33)24-21(18)20(16-6-4-3-5-7-16)25-26(35-24)29-14(2)34-25/h3-11,18-24,29H,2,12H2,1H3/t18-,19-,20-,21-,22+,23-,24-/m0/s1. The number of nitrogens with one attached hydrogen (secondary N) is 1. The van der Waals surface area contributed by atoms with Gasteiger partial charge in [-0.25, -0.2) is 0 Å². The number of carbonyl (C=O) groups excluding carboxylic acids is 3. The van der Waals surface area contributed by atoms with Crippen LogP contribution < -0.4 is 10.2 Å². The van der Waals surface area contributed by atoms with E-state index in [1.54, 1.807) is 36.0 Å². The average Bonchev–Trinajstić information content (AvgIpc) is 3.58. The zero-order valence-corrected chi connectivity index (χ0v) is 20.8. The molecule has 0 spiro atoms. The summed E-state index contributed by atoms with van der Waals surface area (Å²) < 4.78 is 0. The molecule has 35 heavy (non-hydrogen) atoms. The summed E-state index contributed by atoms with van der Waals surface area (Å²) in [5.41, 5.74) is 2.42. The second kappa shape index (κ2) is 7.61. The zero-order valence-electron chi connectivity index (χ0n) is 19.1. The molecule has 0 radical (unpaired) electrons. The van der Waals surface area contributed by atoms with Crippen LogP contribution in [-0.4, -0.2) is 22.8 Å². The van der Waals surface area contributed by atoms with Gasteiger partial charge in [0.25, 0.3) is 0 Å². The molecule has 2 bridgehead atoms. The molecule has 1 N–H and O–H groups in total. The number of imide groups is 1. The van der Waals surface area contributed by atoms with Gasteiger partial charge in [-0.05, 0) is 60.9 Å². The maximum Gasteiger partial charge on any atom is 0.238 e. The summed E-state index contributed by atoms with van der Waals surface area (Å²) in [5.74, 6) is 0.168. The number of rotatable bonds is 3. The van der Waals surface area contributed by atoms with Gasteiger partial charge < -0.3 is 5.32 Å². The van der Waals surface area contributed by atoms with Crippen LogP contribution in [0.2, 0.25) is 0 Å². The predicted molar refractivity (Wildman–Crippen MR) is 138 cm³/mol. The molecule has 2 aliphatic carbocycles. The predicted octanol–water partition coefficient (Wildman–Crippen LogP) is 5.14. The summed E-state index contributed by atoms with van der Waals surface area (Å²) in [5, 5.41) is 5.89. The second-order valence-electron chi connectivity index (χ2n) is 10.1. The van der Waals surface area contributed by atoms with Crippen LogP contribution in [0.3, 0.4) is 0 Å². The maximum absolute atomic E-state index is 13.8. The molecular formula is C28H24N2O3S2. The van der Waals surface area contributed by atoms with Crippen molar-refractivity contribution in [3.63, 3.8) is 0 Å². The Hall–Kier alpha value is -2.77. The monoisotopic (exact) mass is 500 g/mol. The molecule has 7 atom stereocenters. The smallest absolute Gasteiger partial charge is 0.238 e. The number of nitrogens with zero attached hydrogens (tertiary/aromatic N) is 1. The van der Waals surface area contributed by atoms with E-state index in [4.69, 9.17) is 0 Å². The molecule has 176 valence electrons. The number of hydrogen-bond donors (Lipinski definition) is 1. The Bertz CT molecular complexity index is 1340. The molecular weight excluding hydrogens is 476 g/mol. The van der Waals surface area contributed by atoms with Gasteiger partial charge in [0, 0.05) is 21.6 Å². The number of amides is 2. The van der Waals surface area contributed by atoms with Crippen LogP contribution in [0.5, 0.6) is 0 Å². The quantitative estimate of drug-likeness (QED) is 0.465. The van der Waals surface area contributed by atoms with Crippen LogP contribution in [0.1, 0.15) is 35.2 Å². The first kappa shape index (κ1) is 21.5. The third-order valence-corrected chi connectivity index (χ3v) is 11.1. The SMILES string of the molecule is C=C1NC2=C(S1)[C@@H](c1ccccc1)[C@@H]1[C@@H]3C[C@H]([C@@H]1S2)[C@@H]1C(=O)N(c2ccc(C(C)=O)cc2)C(=O)[C@H]31. The van der Waals surface area contributed by atoms with Crippen molar-refractivity contribution in [2.45, 2.75) is 24.5 Å². The molecule has 7 rings (SSSR count). The Morgan fingerprint density at radius 2 is 1.69 bits per heavy atom. The topological polar surface area (TPSA) is 66.5 Å². The Morgan fingerprint density at radius 1 is 1.00 bits per heavy atom. The van der Waals surface area contributed by atoms with Crippen molar-refractivity contribution in [2.75, 3.05) is 4.90 Å². The number of Topliss-reactive ketones (excluding diaryl/α,β-unsaturated/α-hetero) is 1. The minimum Gasteiger partial charge on any atom is -0.344 e. The minimum atomic E-state index is -0.266. The molecule has 0 unspecified atom stereocenters. The van der Waals surface area contributed by atoms with Crippen LogP contribution in [0, 0.1) is 29.6 Å². The van der Waals surface area contributed by atoms with Crippen LogP contribution >= 0.6 is 23.5 Å². The van der Waals surface area contributed by atoms with Crippen molar-refractivity contribution in [1.29, 1.82) is 0 Å². The van der Waals surface area contributed by atoms with Crippen molar-refractivity contribution < 1.29 is 14.4 Å². The lowest BCUT2D eigenvalue weighted by Crippen LogP contribution is -2.43. The largest absolute Gasteiger partial charge is 0.344 e. The fourth-order valence-corrected chi connectivity index (χ4v) is 10.2. The minimum absolute atomic E-state index is 0.0340. The summed E-state index contributed by atoms with van der Waals surface area (Å²) >= 11 is 3.58. The van der Waals surface area contributed by atoms with E-state index < -0.39 is 0 Å². The van der Waals surface area contributed by atoms with Crippen LogP contribution in [0.15, 0.2) is 76.1 Å². The van der Waals surface area contributed by atoms with Crippen molar-refractivity contribution in [1.82, 2.24) is 5.32 Å². The Balaban J connectivity index is 1.27. The molecule has 5 nitrogen and oxygen atoms in total. The van der Waals surface area contributed by atoms with Gasteiger partial charge in [-0.15, -0.1) is 11.8 Å². The van der Waals surface area contributed by atoms with Gasteiger partial charge in [-0.3, -0.25) is 19.3 Å². The number of carbonyl (C=O) groups is 3. The summed E-state index contributed by atoms with van der Waals surface area (Å²) in [6, 6.07) is 17.5. The van der Waals surface area contributed by atoms with E-state index in [9.17, 15) is 14.4 Å². The summed E-state index contributed by atoms with van der Waals surface area (Å²) in [4.78, 5) is 41.9. The number of anilines is 1. The van der Waals surface area contributed by atoms with Gasteiger partial charge in [-0.2, -0.15) is 0 Å². The summed E-state index contributed by atoms with van der Waals surface area (Å²) in [6.07, 6.45) is 0.932. The first-order chi connectivity index (χ1) is 16.9. The first-order valence-corrected chi connectivity index (χ1v) is 13.7. The van der Waals surface area contributed by atoms with Crippen LogP contribution in [0.25, 0.3) is 0 Å². The highest BCUT2D eigenvalue weighted by molar-refractivity contribution is 8.10. The number of ketones is 1. The first-order valence-electron chi connectivity index (χ1n) is 12.0. The highest BCUT2D eigenvalue weighted by Gasteiger charge is 2.69. The number of thioether (sulfide) groups is 2. The number of benzene rings is 2. The molecule has 1 saturated heterocycles. The van der Waals surface area contributed by atoms with Gasteiger partial charge in [0.05, 0.1) is 27.6 Å². The molecule has 5 aliphatic rings. The van der Waals surface area contributed by atoms with Crippen LogP contribution in [-0.2, 0) is 9.59 Å². The van der Waals surface area contributed by atoms with E-state index in [1.165, 1.54) is 27.3 Å². The Kier molecular flexibility index (Phi) is 4.68. The molecule has 0 aromatic heterocycles. The van der Waals surface area contributed by atoms with Crippen LogP contribution in [0.4, 0.5) is 5.69 Å². The summed E-state index contributed by atoms with van der Waals surface area (Å²) in [6.45, 7) is 5.67. The third-order valence-electron chi connectivity index (χ3n) is 8.48.